The molecule has 36 heavy (non-hydrogen) atoms. The summed E-state index contributed by atoms with van der Waals surface area (Å²) in [5.74, 6) is 0.751. The van der Waals surface area contributed by atoms with Crippen molar-refractivity contribution in [3.63, 3.8) is 0 Å². The second kappa shape index (κ2) is 9.83. The lowest BCUT2D eigenvalue weighted by Gasteiger charge is -2.13. The van der Waals surface area contributed by atoms with Crippen molar-refractivity contribution in [1.29, 1.82) is 0 Å². The highest BCUT2D eigenvalue weighted by atomic mass is 16.2. The molecule has 0 aliphatic heterocycles. The molecule has 5 aromatic rings. The maximum atomic E-state index is 13.7. The summed E-state index contributed by atoms with van der Waals surface area (Å²) >= 11 is 0. The third-order valence-electron chi connectivity index (χ3n) is 6.34. The molecular weight excluding hydrogens is 452 g/mol. The lowest BCUT2D eigenvalue weighted by Crippen LogP contribution is -2.27. The first-order chi connectivity index (χ1) is 17.4. The van der Waals surface area contributed by atoms with Gasteiger partial charge in [-0.15, -0.1) is 0 Å². The van der Waals surface area contributed by atoms with Gasteiger partial charge in [-0.1, -0.05) is 36.4 Å². The number of benzene rings is 3. The van der Waals surface area contributed by atoms with Gasteiger partial charge in [-0.25, -0.2) is 9.78 Å². The Morgan fingerprint density at radius 2 is 1.44 bits per heavy atom. The van der Waals surface area contributed by atoms with E-state index < -0.39 is 0 Å². The van der Waals surface area contributed by atoms with E-state index >= 15 is 0 Å². The number of nitrogens with zero attached hydrogens (tertiary/aromatic N) is 5. The number of hydrogen-bond acceptors (Lipinski definition) is 4. The summed E-state index contributed by atoms with van der Waals surface area (Å²) in [5.41, 5.74) is 5.40. The summed E-state index contributed by atoms with van der Waals surface area (Å²) in [6.45, 7) is 3.96. The minimum atomic E-state index is -0.112. The van der Waals surface area contributed by atoms with Gasteiger partial charge < -0.3 is 14.8 Å². The van der Waals surface area contributed by atoms with Gasteiger partial charge >= 0.3 is 5.69 Å². The number of hydrogen-bond donors (Lipinski definition) is 1. The SMILES string of the molecule is CC(=O)Nc1ccc(Cn2c(=O)n(Cc3nc4ccccc4n3CCN(C)C)c3ccccc32)cc1. The van der Waals surface area contributed by atoms with Crippen LogP contribution in [-0.2, 0) is 24.4 Å². The predicted molar refractivity (Wildman–Crippen MR) is 143 cm³/mol. The molecule has 0 bridgehead atoms. The number of amides is 1. The molecule has 5 rings (SSSR count). The average Bonchev–Trinajstić information content (AvgIpc) is 3.34. The normalized spacial score (nSPS) is 11.6. The first-order valence-electron chi connectivity index (χ1n) is 12.0. The lowest BCUT2D eigenvalue weighted by molar-refractivity contribution is -0.114. The molecule has 0 spiro atoms. The number of carbonyl (C=O) groups is 1. The summed E-state index contributed by atoms with van der Waals surface area (Å²) in [5, 5.41) is 2.78. The molecule has 0 aliphatic rings. The Morgan fingerprint density at radius 1 is 0.833 bits per heavy atom. The zero-order chi connectivity index (χ0) is 25.2. The molecule has 184 valence electrons. The monoisotopic (exact) mass is 482 g/mol. The van der Waals surface area contributed by atoms with Gasteiger partial charge in [-0.2, -0.15) is 0 Å². The molecule has 0 atom stereocenters. The average molecular weight is 483 g/mol. The number of anilines is 1. The van der Waals surface area contributed by atoms with Crippen LogP contribution in [0.2, 0.25) is 0 Å². The van der Waals surface area contributed by atoms with E-state index in [0.717, 1.165) is 52.2 Å². The lowest BCUT2D eigenvalue weighted by atomic mass is 10.2. The van der Waals surface area contributed by atoms with E-state index in [-0.39, 0.29) is 11.6 Å². The van der Waals surface area contributed by atoms with Crippen LogP contribution in [0, 0.1) is 0 Å². The van der Waals surface area contributed by atoms with Gasteiger partial charge in [0.15, 0.2) is 0 Å². The third kappa shape index (κ3) is 4.67. The molecule has 1 N–H and O–H groups in total. The second-order valence-electron chi connectivity index (χ2n) is 9.29. The topological polar surface area (TPSA) is 77.1 Å². The Labute approximate surface area is 209 Å². The Kier molecular flexibility index (Phi) is 6.43. The van der Waals surface area contributed by atoms with Crippen LogP contribution in [0.1, 0.15) is 18.3 Å². The van der Waals surface area contributed by atoms with Crippen molar-refractivity contribution >= 4 is 33.7 Å². The van der Waals surface area contributed by atoms with Gasteiger partial charge in [0.05, 0.1) is 35.2 Å². The number of aromatic nitrogens is 4. The standard InChI is InChI=1S/C28H30N6O2/c1-20(35)29-22-14-12-21(13-15-22)18-33-25-10-6-7-11-26(25)34(28(33)36)19-27-30-23-8-4-5-9-24(23)32(27)17-16-31(2)3/h4-15H,16-19H2,1-3H3,(H,29,35). The predicted octanol–water partition coefficient (Wildman–Crippen LogP) is 3.77. The van der Waals surface area contributed by atoms with Gasteiger partial charge in [0.25, 0.3) is 0 Å². The fourth-order valence-corrected chi connectivity index (χ4v) is 4.59. The smallest absolute Gasteiger partial charge is 0.326 e. The fourth-order valence-electron chi connectivity index (χ4n) is 4.59. The number of fused-ring (bicyclic) bond motifs is 2. The molecule has 0 saturated heterocycles. The first kappa shape index (κ1) is 23.6. The largest absolute Gasteiger partial charge is 0.329 e. The van der Waals surface area contributed by atoms with Crippen molar-refractivity contribution < 1.29 is 4.79 Å². The maximum absolute atomic E-state index is 13.7. The van der Waals surface area contributed by atoms with E-state index in [2.05, 4.69) is 34.9 Å². The van der Waals surface area contributed by atoms with Crippen LogP contribution in [0.5, 0.6) is 0 Å². The van der Waals surface area contributed by atoms with Gasteiger partial charge in [0.1, 0.15) is 5.82 Å². The molecule has 0 fully saturated rings. The van der Waals surface area contributed by atoms with Crippen molar-refractivity contribution in [3.8, 4) is 0 Å². The molecule has 0 aliphatic carbocycles. The second-order valence-corrected chi connectivity index (χ2v) is 9.29. The van der Waals surface area contributed by atoms with Crippen LogP contribution in [0.3, 0.4) is 0 Å². The van der Waals surface area contributed by atoms with Crippen molar-refractivity contribution in [3.05, 3.63) is 94.7 Å². The molecule has 1 amide bonds. The number of nitrogens with one attached hydrogen (secondary N) is 1. The molecule has 0 radical (unpaired) electrons. The number of rotatable bonds is 8. The van der Waals surface area contributed by atoms with Crippen molar-refractivity contribution in [2.45, 2.75) is 26.6 Å². The number of imidazole rings is 2. The Balaban J connectivity index is 1.53. The summed E-state index contributed by atoms with van der Waals surface area (Å²) in [6.07, 6.45) is 0. The highest BCUT2D eigenvalue weighted by molar-refractivity contribution is 5.88. The number of carbonyl (C=O) groups excluding carboxylic acids is 1. The Bertz CT molecular complexity index is 1590. The third-order valence-corrected chi connectivity index (χ3v) is 6.34. The highest BCUT2D eigenvalue weighted by Gasteiger charge is 2.17. The highest BCUT2D eigenvalue weighted by Crippen LogP contribution is 2.20. The molecule has 8 nitrogen and oxygen atoms in total. The van der Waals surface area contributed by atoms with Gasteiger partial charge in [0.2, 0.25) is 5.91 Å². The summed E-state index contributed by atoms with van der Waals surface area (Å²) < 4.78 is 5.83. The summed E-state index contributed by atoms with van der Waals surface area (Å²) in [7, 11) is 4.11. The molecule has 2 aromatic heterocycles. The van der Waals surface area contributed by atoms with Gasteiger partial charge in [-0.05, 0) is 56.1 Å². The zero-order valence-corrected chi connectivity index (χ0v) is 20.8. The zero-order valence-electron chi connectivity index (χ0n) is 20.8. The van der Waals surface area contributed by atoms with Crippen LogP contribution in [0.4, 0.5) is 5.69 Å². The van der Waals surface area contributed by atoms with Crippen LogP contribution in [-0.4, -0.2) is 50.1 Å². The van der Waals surface area contributed by atoms with Crippen molar-refractivity contribution in [2.75, 3.05) is 26.0 Å². The van der Waals surface area contributed by atoms with Crippen molar-refractivity contribution in [2.24, 2.45) is 0 Å². The molecule has 8 heteroatoms. The van der Waals surface area contributed by atoms with Crippen LogP contribution >= 0.6 is 0 Å². The van der Waals surface area contributed by atoms with Gasteiger partial charge in [0, 0.05) is 25.7 Å². The molecule has 0 saturated carbocycles. The Hall–Kier alpha value is -4.17. The molecule has 3 aromatic carbocycles. The van der Waals surface area contributed by atoms with Crippen LogP contribution in [0.15, 0.2) is 77.6 Å². The van der Waals surface area contributed by atoms with E-state index in [1.165, 1.54) is 6.92 Å². The minimum absolute atomic E-state index is 0.0756. The maximum Gasteiger partial charge on any atom is 0.329 e. The summed E-state index contributed by atoms with van der Waals surface area (Å²) in [4.78, 5) is 32.1. The molecule has 2 heterocycles. The first-order valence-corrected chi connectivity index (χ1v) is 12.0. The van der Waals surface area contributed by atoms with Crippen molar-refractivity contribution in [1.82, 2.24) is 23.6 Å². The summed E-state index contributed by atoms with van der Waals surface area (Å²) in [6, 6.07) is 23.6. The fraction of sp³-hybridized carbons (Fsp3) is 0.250. The quantitative estimate of drug-likeness (QED) is 0.365. The van der Waals surface area contributed by atoms with Crippen LogP contribution < -0.4 is 11.0 Å². The van der Waals surface area contributed by atoms with E-state index in [1.54, 1.807) is 4.57 Å². The molecular formula is C28H30N6O2. The van der Waals surface area contributed by atoms with Crippen LogP contribution in [0.25, 0.3) is 22.1 Å². The molecule has 0 unspecified atom stereocenters. The number of likely N-dealkylation sites (N-methyl/N-ethyl adjacent to an activating group) is 1. The van der Waals surface area contributed by atoms with E-state index in [1.807, 2.05) is 71.3 Å². The number of para-hydroxylation sites is 4. The minimum Gasteiger partial charge on any atom is -0.326 e. The van der Waals surface area contributed by atoms with Gasteiger partial charge in [-0.3, -0.25) is 13.9 Å². The Morgan fingerprint density at radius 3 is 2.08 bits per heavy atom. The van der Waals surface area contributed by atoms with E-state index in [4.69, 9.17) is 4.98 Å². The van der Waals surface area contributed by atoms with E-state index in [9.17, 15) is 9.59 Å². The van der Waals surface area contributed by atoms with E-state index in [0.29, 0.717) is 13.1 Å².